The molecule has 1 rings (SSSR count). The van der Waals surface area contributed by atoms with Crippen molar-refractivity contribution in [2.75, 3.05) is 6.54 Å². The summed E-state index contributed by atoms with van der Waals surface area (Å²) in [6.07, 6.45) is 0. The van der Waals surface area contributed by atoms with Gasteiger partial charge >= 0.3 is 0 Å². The SMILES string of the molecule is CC(CN)C(=O)N(Cc1ccc(Br)cc1)C(C)C.Cl. The summed E-state index contributed by atoms with van der Waals surface area (Å²) in [6.45, 7) is 6.95. The third-order valence-electron chi connectivity index (χ3n) is 2.95. The van der Waals surface area contributed by atoms with Crippen molar-refractivity contribution < 1.29 is 4.79 Å². The molecule has 1 unspecified atom stereocenters. The summed E-state index contributed by atoms with van der Waals surface area (Å²) in [5, 5.41) is 0. The summed E-state index contributed by atoms with van der Waals surface area (Å²) in [6, 6.07) is 8.21. The molecule has 1 amide bonds. The number of rotatable bonds is 5. The summed E-state index contributed by atoms with van der Waals surface area (Å²) >= 11 is 3.41. The number of hydrogen-bond donors (Lipinski definition) is 1. The highest BCUT2D eigenvalue weighted by Crippen LogP contribution is 2.15. The molecular weight excluding hydrogens is 328 g/mol. The van der Waals surface area contributed by atoms with Crippen LogP contribution in [0.25, 0.3) is 0 Å². The summed E-state index contributed by atoms with van der Waals surface area (Å²) < 4.78 is 1.05. The molecular formula is C14H22BrClN2O. The first-order chi connectivity index (χ1) is 8.45. The van der Waals surface area contributed by atoms with Crippen LogP contribution >= 0.6 is 28.3 Å². The van der Waals surface area contributed by atoms with Gasteiger partial charge in [-0.2, -0.15) is 0 Å². The lowest BCUT2D eigenvalue weighted by molar-refractivity contribution is -0.137. The third-order valence-corrected chi connectivity index (χ3v) is 3.48. The Balaban J connectivity index is 0.00000324. The molecule has 19 heavy (non-hydrogen) atoms. The van der Waals surface area contributed by atoms with Crippen molar-refractivity contribution >= 4 is 34.2 Å². The summed E-state index contributed by atoms with van der Waals surface area (Å²) in [4.78, 5) is 14.1. The van der Waals surface area contributed by atoms with Gasteiger partial charge in [0.1, 0.15) is 0 Å². The second kappa shape index (κ2) is 8.56. The van der Waals surface area contributed by atoms with Crippen LogP contribution in [0.15, 0.2) is 28.7 Å². The van der Waals surface area contributed by atoms with E-state index in [1.807, 2.05) is 49.9 Å². The minimum Gasteiger partial charge on any atom is -0.336 e. The van der Waals surface area contributed by atoms with Crippen LogP contribution in [0.4, 0.5) is 0 Å². The van der Waals surface area contributed by atoms with Gasteiger partial charge in [0.05, 0.1) is 0 Å². The summed E-state index contributed by atoms with van der Waals surface area (Å²) in [5.41, 5.74) is 6.70. The molecule has 0 radical (unpaired) electrons. The van der Waals surface area contributed by atoms with E-state index in [1.165, 1.54) is 0 Å². The van der Waals surface area contributed by atoms with Crippen molar-refractivity contribution in [1.82, 2.24) is 4.90 Å². The monoisotopic (exact) mass is 348 g/mol. The van der Waals surface area contributed by atoms with Crippen LogP contribution in [-0.4, -0.2) is 23.4 Å². The van der Waals surface area contributed by atoms with E-state index in [0.717, 1.165) is 10.0 Å². The van der Waals surface area contributed by atoms with Crippen molar-refractivity contribution in [3.8, 4) is 0 Å². The van der Waals surface area contributed by atoms with Gasteiger partial charge in [-0.15, -0.1) is 12.4 Å². The molecule has 0 aliphatic rings. The second-order valence-corrected chi connectivity index (χ2v) is 5.74. The fraction of sp³-hybridized carbons (Fsp3) is 0.500. The molecule has 5 heteroatoms. The smallest absolute Gasteiger partial charge is 0.227 e. The fourth-order valence-electron chi connectivity index (χ4n) is 1.69. The van der Waals surface area contributed by atoms with Crippen molar-refractivity contribution in [2.24, 2.45) is 11.7 Å². The molecule has 1 aromatic rings. The van der Waals surface area contributed by atoms with Crippen LogP contribution in [0.2, 0.25) is 0 Å². The highest BCUT2D eigenvalue weighted by molar-refractivity contribution is 9.10. The molecule has 3 nitrogen and oxygen atoms in total. The van der Waals surface area contributed by atoms with E-state index < -0.39 is 0 Å². The van der Waals surface area contributed by atoms with Gasteiger partial charge in [0.15, 0.2) is 0 Å². The molecule has 1 aromatic carbocycles. The molecule has 0 fully saturated rings. The van der Waals surface area contributed by atoms with Gasteiger partial charge in [-0.1, -0.05) is 35.0 Å². The normalized spacial score (nSPS) is 11.9. The maximum atomic E-state index is 12.2. The average Bonchev–Trinajstić information content (AvgIpc) is 2.36. The zero-order chi connectivity index (χ0) is 13.7. The fourth-order valence-corrected chi connectivity index (χ4v) is 1.95. The highest BCUT2D eigenvalue weighted by atomic mass is 79.9. The van der Waals surface area contributed by atoms with E-state index in [4.69, 9.17) is 5.73 Å². The van der Waals surface area contributed by atoms with Gasteiger partial charge in [0.25, 0.3) is 0 Å². The molecule has 0 saturated carbocycles. The van der Waals surface area contributed by atoms with Gasteiger partial charge in [-0.25, -0.2) is 0 Å². The number of benzene rings is 1. The maximum Gasteiger partial charge on any atom is 0.227 e. The van der Waals surface area contributed by atoms with Crippen molar-refractivity contribution in [3.05, 3.63) is 34.3 Å². The number of hydrogen-bond acceptors (Lipinski definition) is 2. The summed E-state index contributed by atoms with van der Waals surface area (Å²) in [7, 11) is 0. The van der Waals surface area contributed by atoms with E-state index in [9.17, 15) is 4.79 Å². The average molecular weight is 350 g/mol. The first-order valence-corrected chi connectivity index (χ1v) is 7.00. The van der Waals surface area contributed by atoms with Crippen LogP contribution < -0.4 is 5.73 Å². The molecule has 0 bridgehead atoms. The largest absolute Gasteiger partial charge is 0.336 e. The molecule has 0 spiro atoms. The lowest BCUT2D eigenvalue weighted by Gasteiger charge is -2.29. The molecule has 0 aromatic heterocycles. The summed E-state index contributed by atoms with van der Waals surface area (Å²) in [5.74, 6) is -0.00160. The molecule has 2 N–H and O–H groups in total. The topological polar surface area (TPSA) is 46.3 Å². The standard InChI is InChI=1S/C14H21BrN2O.ClH/c1-10(2)17(14(18)11(3)8-16)9-12-4-6-13(15)7-5-12;/h4-7,10-11H,8-9,16H2,1-3H3;1H. The Morgan fingerprint density at radius 1 is 1.26 bits per heavy atom. The molecule has 0 aliphatic carbocycles. The zero-order valence-corrected chi connectivity index (χ0v) is 14.0. The minimum atomic E-state index is -0.122. The van der Waals surface area contributed by atoms with E-state index in [2.05, 4.69) is 15.9 Å². The van der Waals surface area contributed by atoms with Gasteiger partial charge in [-0.3, -0.25) is 4.79 Å². The van der Waals surface area contributed by atoms with Crippen molar-refractivity contribution in [2.45, 2.75) is 33.4 Å². The number of carbonyl (C=O) groups excluding carboxylic acids is 1. The Morgan fingerprint density at radius 2 is 1.79 bits per heavy atom. The third kappa shape index (κ3) is 5.51. The molecule has 1 atom stereocenters. The first-order valence-electron chi connectivity index (χ1n) is 6.20. The number of halogens is 2. The number of carbonyl (C=O) groups is 1. The van der Waals surface area contributed by atoms with Gasteiger partial charge in [-0.05, 0) is 31.5 Å². The van der Waals surface area contributed by atoms with E-state index in [-0.39, 0.29) is 30.3 Å². The molecule has 0 heterocycles. The highest BCUT2D eigenvalue weighted by Gasteiger charge is 2.21. The predicted octanol–water partition coefficient (Wildman–Crippen LogP) is 3.20. The number of nitrogens with two attached hydrogens (primary N) is 1. The van der Waals surface area contributed by atoms with Crippen molar-refractivity contribution in [1.29, 1.82) is 0 Å². The van der Waals surface area contributed by atoms with Gasteiger partial charge in [0.2, 0.25) is 5.91 Å². The van der Waals surface area contributed by atoms with E-state index >= 15 is 0 Å². The zero-order valence-electron chi connectivity index (χ0n) is 11.6. The van der Waals surface area contributed by atoms with Gasteiger partial charge < -0.3 is 10.6 Å². The number of amides is 1. The lowest BCUT2D eigenvalue weighted by atomic mass is 10.1. The van der Waals surface area contributed by atoms with E-state index in [0.29, 0.717) is 13.1 Å². The first kappa shape index (κ1) is 18.4. The van der Waals surface area contributed by atoms with Crippen LogP contribution in [0.1, 0.15) is 26.3 Å². The molecule has 0 aliphatic heterocycles. The van der Waals surface area contributed by atoms with Crippen molar-refractivity contribution in [3.63, 3.8) is 0 Å². The Morgan fingerprint density at radius 3 is 2.21 bits per heavy atom. The Bertz CT molecular complexity index is 395. The van der Waals surface area contributed by atoms with Crippen LogP contribution in [0, 0.1) is 5.92 Å². The Labute approximate surface area is 130 Å². The van der Waals surface area contributed by atoms with Crippen LogP contribution in [0.3, 0.4) is 0 Å². The maximum absolute atomic E-state index is 12.2. The quantitative estimate of drug-likeness (QED) is 0.887. The molecule has 0 saturated heterocycles. The molecule has 108 valence electrons. The second-order valence-electron chi connectivity index (χ2n) is 4.82. The Hall–Kier alpha value is -0.580. The van der Waals surface area contributed by atoms with E-state index in [1.54, 1.807) is 0 Å². The Kier molecular flexibility index (Phi) is 8.30. The lowest BCUT2D eigenvalue weighted by Crippen LogP contribution is -2.41. The van der Waals surface area contributed by atoms with Crippen LogP contribution in [0.5, 0.6) is 0 Å². The number of nitrogens with zero attached hydrogens (tertiary/aromatic N) is 1. The predicted molar refractivity (Wildman–Crippen MR) is 85.3 cm³/mol. The van der Waals surface area contributed by atoms with Gasteiger partial charge in [0, 0.05) is 29.5 Å². The van der Waals surface area contributed by atoms with Crippen LogP contribution in [-0.2, 0) is 11.3 Å². The minimum absolute atomic E-state index is 0.